The van der Waals surface area contributed by atoms with E-state index in [1.807, 2.05) is 27.1 Å². The first-order valence-corrected chi connectivity index (χ1v) is 8.31. The van der Waals surface area contributed by atoms with E-state index in [-0.39, 0.29) is 4.90 Å². The molecule has 0 amide bonds. The van der Waals surface area contributed by atoms with E-state index in [0.29, 0.717) is 23.0 Å². The number of anilines is 2. The molecule has 0 aliphatic heterocycles. The van der Waals surface area contributed by atoms with Crippen LogP contribution in [0.25, 0.3) is 0 Å². The lowest BCUT2D eigenvalue weighted by Crippen LogP contribution is -2.18. The molecular weight excluding hydrogens is 300 g/mol. The minimum absolute atomic E-state index is 0.225. The van der Waals surface area contributed by atoms with Crippen molar-refractivity contribution in [3.8, 4) is 0 Å². The van der Waals surface area contributed by atoms with Gasteiger partial charge in [0.1, 0.15) is 0 Å². The molecule has 0 aliphatic rings. The van der Waals surface area contributed by atoms with Crippen LogP contribution < -0.4 is 9.62 Å². The summed E-state index contributed by atoms with van der Waals surface area (Å²) >= 11 is 0. The van der Waals surface area contributed by atoms with Crippen LogP contribution >= 0.6 is 0 Å². The van der Waals surface area contributed by atoms with Crippen LogP contribution in [0.5, 0.6) is 0 Å². The molecule has 0 bridgehead atoms. The summed E-state index contributed by atoms with van der Waals surface area (Å²) in [6, 6.07) is 6.76. The number of hydrogen-bond donors (Lipinski definition) is 1. The molecule has 1 aromatic carbocycles. The Morgan fingerprint density at radius 1 is 1.05 bits per heavy atom. The van der Waals surface area contributed by atoms with Gasteiger partial charge in [0.05, 0.1) is 22.0 Å². The summed E-state index contributed by atoms with van der Waals surface area (Å²) in [7, 11) is 0.0187. The number of aryl methyl sites for hydroxylation is 3. The van der Waals surface area contributed by atoms with E-state index in [1.165, 1.54) is 0 Å². The number of aromatic nitrogens is 2. The first-order valence-electron chi connectivity index (χ1n) is 6.83. The molecule has 0 fully saturated rings. The van der Waals surface area contributed by atoms with Crippen LogP contribution in [0.2, 0.25) is 0 Å². The monoisotopic (exact) mass is 320 g/mol. The van der Waals surface area contributed by atoms with Crippen molar-refractivity contribution < 1.29 is 8.42 Å². The zero-order valence-corrected chi connectivity index (χ0v) is 14.2. The zero-order chi connectivity index (χ0) is 16.5. The van der Waals surface area contributed by atoms with Gasteiger partial charge >= 0.3 is 0 Å². The van der Waals surface area contributed by atoms with Gasteiger partial charge in [-0.1, -0.05) is 12.1 Å². The lowest BCUT2D eigenvalue weighted by atomic mass is 10.2. The van der Waals surface area contributed by atoms with Crippen LogP contribution in [0.1, 0.15) is 17.0 Å². The van der Waals surface area contributed by atoms with Crippen molar-refractivity contribution in [2.75, 3.05) is 23.7 Å². The van der Waals surface area contributed by atoms with Crippen molar-refractivity contribution in [2.24, 2.45) is 0 Å². The summed E-state index contributed by atoms with van der Waals surface area (Å²) in [5, 5.41) is 0. The number of hydrogen-bond acceptors (Lipinski definition) is 5. The third-order valence-corrected chi connectivity index (χ3v) is 4.54. The Hall–Kier alpha value is -2.15. The van der Waals surface area contributed by atoms with Gasteiger partial charge in [-0.05, 0) is 38.5 Å². The standard InChI is InChI=1S/C15H20N4O2S/c1-10-7-6-8-13(9-10)22(20,21)18-14-11(2)16-15(19(4)5)17-12(14)3/h6-9,18H,1-5H3. The van der Waals surface area contributed by atoms with E-state index in [0.717, 1.165) is 5.56 Å². The van der Waals surface area contributed by atoms with Gasteiger partial charge < -0.3 is 4.90 Å². The number of benzene rings is 1. The van der Waals surface area contributed by atoms with E-state index in [9.17, 15) is 8.42 Å². The first-order chi connectivity index (χ1) is 10.2. The largest absolute Gasteiger partial charge is 0.347 e. The maximum absolute atomic E-state index is 12.5. The molecule has 0 radical (unpaired) electrons. The summed E-state index contributed by atoms with van der Waals surface area (Å²) in [6.07, 6.45) is 0. The minimum Gasteiger partial charge on any atom is -0.347 e. The Balaban J connectivity index is 2.42. The second kappa shape index (κ2) is 5.92. The molecule has 6 nitrogen and oxygen atoms in total. The Bertz CT molecular complexity index is 778. The van der Waals surface area contributed by atoms with E-state index in [2.05, 4.69) is 14.7 Å². The van der Waals surface area contributed by atoms with Crippen molar-refractivity contribution in [2.45, 2.75) is 25.7 Å². The molecule has 0 saturated heterocycles. The molecule has 22 heavy (non-hydrogen) atoms. The average molecular weight is 320 g/mol. The highest BCUT2D eigenvalue weighted by Crippen LogP contribution is 2.23. The average Bonchev–Trinajstić information content (AvgIpc) is 2.42. The van der Waals surface area contributed by atoms with Gasteiger partial charge in [-0.15, -0.1) is 0 Å². The molecule has 0 spiro atoms. The van der Waals surface area contributed by atoms with Gasteiger partial charge in [0.2, 0.25) is 5.95 Å². The summed E-state index contributed by atoms with van der Waals surface area (Å²) in [6.45, 7) is 5.37. The second-order valence-electron chi connectivity index (χ2n) is 5.39. The lowest BCUT2D eigenvalue weighted by Gasteiger charge is -2.16. The maximum atomic E-state index is 12.5. The van der Waals surface area contributed by atoms with E-state index in [4.69, 9.17) is 0 Å². The molecule has 0 aliphatic carbocycles. The zero-order valence-electron chi connectivity index (χ0n) is 13.4. The van der Waals surface area contributed by atoms with Crippen LogP contribution in [0, 0.1) is 20.8 Å². The van der Waals surface area contributed by atoms with Gasteiger partial charge in [0.15, 0.2) is 0 Å². The Morgan fingerprint density at radius 2 is 1.64 bits per heavy atom. The number of sulfonamides is 1. The van der Waals surface area contributed by atoms with E-state index in [1.54, 1.807) is 36.9 Å². The van der Waals surface area contributed by atoms with Crippen LogP contribution in [0.3, 0.4) is 0 Å². The van der Waals surface area contributed by atoms with Crippen LogP contribution in [0.15, 0.2) is 29.2 Å². The first kappa shape index (κ1) is 16.2. The fourth-order valence-corrected chi connectivity index (χ4v) is 3.30. The number of rotatable bonds is 4. The predicted molar refractivity (Wildman–Crippen MR) is 87.8 cm³/mol. The topological polar surface area (TPSA) is 75.2 Å². The molecule has 1 N–H and O–H groups in total. The highest BCUT2D eigenvalue weighted by Gasteiger charge is 2.18. The maximum Gasteiger partial charge on any atom is 0.262 e. The van der Waals surface area contributed by atoms with Gasteiger partial charge in [-0.3, -0.25) is 4.72 Å². The lowest BCUT2D eigenvalue weighted by molar-refractivity contribution is 0.601. The molecule has 0 unspecified atom stereocenters. The van der Waals surface area contributed by atoms with Gasteiger partial charge in [-0.25, -0.2) is 18.4 Å². The van der Waals surface area contributed by atoms with Crippen molar-refractivity contribution in [3.63, 3.8) is 0 Å². The van der Waals surface area contributed by atoms with Gasteiger partial charge in [-0.2, -0.15) is 0 Å². The Kier molecular flexibility index (Phi) is 4.37. The summed E-state index contributed by atoms with van der Waals surface area (Å²) in [5.74, 6) is 0.550. The third-order valence-electron chi connectivity index (χ3n) is 3.20. The van der Waals surface area contributed by atoms with E-state index < -0.39 is 10.0 Å². The van der Waals surface area contributed by atoms with Crippen molar-refractivity contribution in [3.05, 3.63) is 41.2 Å². The molecule has 118 valence electrons. The van der Waals surface area contributed by atoms with Crippen LogP contribution in [-0.4, -0.2) is 32.5 Å². The smallest absolute Gasteiger partial charge is 0.262 e. The van der Waals surface area contributed by atoms with Crippen molar-refractivity contribution in [1.82, 2.24) is 9.97 Å². The third kappa shape index (κ3) is 3.36. The fraction of sp³-hybridized carbons (Fsp3) is 0.333. The fourth-order valence-electron chi connectivity index (χ4n) is 2.02. The molecule has 1 aromatic heterocycles. The molecule has 1 heterocycles. The molecular formula is C15H20N4O2S. The Labute approximate surface area is 131 Å². The number of nitrogens with zero attached hydrogens (tertiary/aromatic N) is 3. The molecule has 0 saturated carbocycles. The predicted octanol–water partition coefficient (Wildman–Crippen LogP) is 2.27. The van der Waals surface area contributed by atoms with Crippen molar-refractivity contribution >= 4 is 21.7 Å². The number of nitrogens with one attached hydrogen (secondary N) is 1. The Morgan fingerprint density at radius 3 is 2.14 bits per heavy atom. The molecule has 2 aromatic rings. The molecule has 2 rings (SSSR count). The van der Waals surface area contributed by atoms with Gasteiger partial charge in [0.25, 0.3) is 10.0 Å². The highest BCUT2D eigenvalue weighted by atomic mass is 32.2. The van der Waals surface area contributed by atoms with Crippen molar-refractivity contribution in [1.29, 1.82) is 0 Å². The van der Waals surface area contributed by atoms with Gasteiger partial charge in [0, 0.05) is 14.1 Å². The summed E-state index contributed by atoms with van der Waals surface area (Å²) in [5.41, 5.74) is 2.49. The molecule has 7 heteroatoms. The second-order valence-corrected chi connectivity index (χ2v) is 7.07. The van der Waals surface area contributed by atoms with Crippen LogP contribution in [0.4, 0.5) is 11.6 Å². The SMILES string of the molecule is Cc1cccc(S(=O)(=O)Nc2c(C)nc(N(C)C)nc2C)c1. The highest BCUT2D eigenvalue weighted by molar-refractivity contribution is 7.92. The van der Waals surface area contributed by atoms with E-state index >= 15 is 0 Å². The normalized spacial score (nSPS) is 11.3. The quantitative estimate of drug-likeness (QED) is 0.935. The molecule has 0 atom stereocenters. The van der Waals surface area contributed by atoms with Crippen LogP contribution in [-0.2, 0) is 10.0 Å². The minimum atomic E-state index is -3.66. The summed E-state index contributed by atoms with van der Waals surface area (Å²) in [4.78, 5) is 10.6. The summed E-state index contributed by atoms with van der Waals surface area (Å²) < 4.78 is 27.6.